The van der Waals surface area contributed by atoms with E-state index in [9.17, 15) is 14.9 Å². The molecule has 7 heteroatoms. The van der Waals surface area contributed by atoms with E-state index in [-0.39, 0.29) is 17.5 Å². The fraction of sp³-hybridized carbons (Fsp3) is 0.429. The van der Waals surface area contributed by atoms with E-state index in [1.54, 1.807) is 17.0 Å². The number of carbonyl (C=O) groups excluding carboxylic acids is 1. The Morgan fingerprint density at radius 2 is 2.10 bits per heavy atom. The third kappa shape index (κ3) is 3.24. The highest BCUT2D eigenvalue weighted by molar-refractivity contribution is 8.13. The van der Waals surface area contributed by atoms with Crippen LogP contribution in [0.1, 0.15) is 18.4 Å². The second-order valence-electron chi connectivity index (χ2n) is 5.14. The van der Waals surface area contributed by atoms with Crippen LogP contribution in [0.15, 0.2) is 29.3 Å². The number of non-ortho nitro benzene ring substituents is 1. The summed E-state index contributed by atoms with van der Waals surface area (Å²) in [5.41, 5.74) is 1.08. The molecule has 1 saturated carbocycles. The summed E-state index contributed by atoms with van der Waals surface area (Å²) in [6.45, 7) is 1.35. The molecule has 0 N–H and O–H groups in total. The predicted octanol–water partition coefficient (Wildman–Crippen LogP) is 2.44. The number of amidine groups is 1. The summed E-state index contributed by atoms with van der Waals surface area (Å²) in [7, 11) is 0. The SMILES string of the molecule is O=C(C1CC1)N1CCN=C1SCc1ccc([N+](=O)[O-])cc1. The van der Waals surface area contributed by atoms with E-state index < -0.39 is 4.92 Å². The number of carbonyl (C=O) groups is 1. The molecule has 1 aliphatic carbocycles. The minimum absolute atomic E-state index is 0.0903. The highest BCUT2D eigenvalue weighted by atomic mass is 32.2. The lowest BCUT2D eigenvalue weighted by Crippen LogP contribution is -2.33. The van der Waals surface area contributed by atoms with Crippen LogP contribution in [-0.4, -0.2) is 34.0 Å². The van der Waals surface area contributed by atoms with Gasteiger partial charge in [-0.1, -0.05) is 23.9 Å². The second-order valence-corrected chi connectivity index (χ2v) is 6.08. The summed E-state index contributed by atoms with van der Waals surface area (Å²) in [5, 5.41) is 11.4. The minimum Gasteiger partial charge on any atom is -0.289 e. The van der Waals surface area contributed by atoms with Crippen LogP contribution in [-0.2, 0) is 10.5 Å². The van der Waals surface area contributed by atoms with Crippen molar-refractivity contribution in [3.8, 4) is 0 Å². The van der Waals surface area contributed by atoms with Gasteiger partial charge in [0.1, 0.15) is 0 Å². The van der Waals surface area contributed by atoms with Crippen molar-refractivity contribution in [3.05, 3.63) is 39.9 Å². The van der Waals surface area contributed by atoms with E-state index in [4.69, 9.17) is 0 Å². The topological polar surface area (TPSA) is 75.8 Å². The van der Waals surface area contributed by atoms with Crippen LogP contribution in [0.4, 0.5) is 5.69 Å². The van der Waals surface area contributed by atoms with Gasteiger partial charge in [0.25, 0.3) is 5.69 Å². The number of hydrogen-bond donors (Lipinski definition) is 0. The molecule has 0 atom stereocenters. The van der Waals surface area contributed by atoms with Gasteiger partial charge in [0.15, 0.2) is 5.17 Å². The van der Waals surface area contributed by atoms with Crippen LogP contribution in [0.25, 0.3) is 0 Å². The fourth-order valence-electron chi connectivity index (χ4n) is 2.17. The van der Waals surface area contributed by atoms with Crippen LogP contribution in [0.2, 0.25) is 0 Å². The van der Waals surface area contributed by atoms with Crippen molar-refractivity contribution in [2.75, 3.05) is 13.1 Å². The van der Waals surface area contributed by atoms with Gasteiger partial charge >= 0.3 is 0 Å². The second kappa shape index (κ2) is 5.85. The number of nitro benzene ring substituents is 1. The number of benzene rings is 1. The predicted molar refractivity (Wildman–Crippen MR) is 81.1 cm³/mol. The van der Waals surface area contributed by atoms with E-state index in [2.05, 4.69) is 4.99 Å². The van der Waals surface area contributed by atoms with Gasteiger partial charge in [-0.05, 0) is 18.4 Å². The van der Waals surface area contributed by atoms with Crippen molar-refractivity contribution in [1.29, 1.82) is 0 Å². The van der Waals surface area contributed by atoms with Crippen LogP contribution in [0.3, 0.4) is 0 Å². The van der Waals surface area contributed by atoms with Crippen molar-refractivity contribution >= 4 is 28.5 Å². The fourth-order valence-corrected chi connectivity index (χ4v) is 3.17. The molecule has 0 bridgehead atoms. The highest BCUT2D eigenvalue weighted by Crippen LogP contribution is 2.33. The average Bonchev–Trinajstić information content (AvgIpc) is 3.23. The third-order valence-electron chi connectivity index (χ3n) is 3.51. The lowest BCUT2D eigenvalue weighted by Gasteiger charge is -2.17. The Kier molecular flexibility index (Phi) is 3.92. The molecule has 1 amide bonds. The lowest BCUT2D eigenvalue weighted by molar-refractivity contribution is -0.384. The largest absolute Gasteiger partial charge is 0.289 e. The van der Waals surface area contributed by atoms with E-state index in [0.29, 0.717) is 18.8 Å². The Morgan fingerprint density at radius 3 is 2.71 bits per heavy atom. The number of thioether (sulfide) groups is 1. The van der Waals surface area contributed by atoms with Gasteiger partial charge < -0.3 is 0 Å². The molecule has 1 aromatic carbocycles. The first-order valence-electron chi connectivity index (χ1n) is 6.87. The number of hydrogen-bond acceptors (Lipinski definition) is 5. The summed E-state index contributed by atoms with van der Waals surface area (Å²) >= 11 is 1.52. The Balaban J connectivity index is 1.58. The first kappa shape index (κ1) is 14.1. The number of aliphatic imine (C=N–C) groups is 1. The zero-order chi connectivity index (χ0) is 14.8. The van der Waals surface area contributed by atoms with Crippen LogP contribution in [0, 0.1) is 16.0 Å². The molecule has 0 aromatic heterocycles. The lowest BCUT2D eigenvalue weighted by atomic mass is 10.2. The molecule has 1 aliphatic heterocycles. The van der Waals surface area contributed by atoms with Gasteiger partial charge in [-0.25, -0.2) is 0 Å². The molecule has 6 nitrogen and oxygen atoms in total. The molecular formula is C14H15N3O3S. The monoisotopic (exact) mass is 305 g/mol. The van der Waals surface area contributed by atoms with Crippen LogP contribution < -0.4 is 0 Å². The molecule has 0 saturated heterocycles. The van der Waals surface area contributed by atoms with E-state index >= 15 is 0 Å². The zero-order valence-corrected chi connectivity index (χ0v) is 12.2. The molecule has 0 radical (unpaired) electrons. The summed E-state index contributed by atoms with van der Waals surface area (Å²) in [6, 6.07) is 6.49. The smallest absolute Gasteiger partial charge is 0.269 e. The molecule has 3 rings (SSSR count). The number of nitro groups is 1. The minimum atomic E-state index is -0.409. The summed E-state index contributed by atoms with van der Waals surface area (Å²) in [4.78, 5) is 28.5. The number of nitrogens with zero attached hydrogens (tertiary/aromatic N) is 3. The van der Waals surface area contributed by atoms with Crippen molar-refractivity contribution in [2.45, 2.75) is 18.6 Å². The molecule has 2 aliphatic rings. The van der Waals surface area contributed by atoms with Gasteiger partial charge in [0.2, 0.25) is 5.91 Å². The van der Waals surface area contributed by atoms with E-state index in [0.717, 1.165) is 23.6 Å². The number of rotatable bonds is 4. The Morgan fingerprint density at radius 1 is 1.38 bits per heavy atom. The third-order valence-corrected chi connectivity index (χ3v) is 4.59. The Bertz CT molecular complexity index is 596. The van der Waals surface area contributed by atoms with Gasteiger partial charge in [0.05, 0.1) is 11.5 Å². The van der Waals surface area contributed by atoms with Gasteiger partial charge in [-0.3, -0.25) is 24.8 Å². The molecule has 21 heavy (non-hydrogen) atoms. The molecular weight excluding hydrogens is 290 g/mol. The normalized spacial score (nSPS) is 17.7. The van der Waals surface area contributed by atoms with Gasteiger partial charge in [-0.15, -0.1) is 0 Å². The van der Waals surface area contributed by atoms with Crippen LogP contribution in [0.5, 0.6) is 0 Å². The number of amides is 1. The highest BCUT2D eigenvalue weighted by Gasteiger charge is 2.36. The maximum atomic E-state index is 12.1. The standard InChI is InChI=1S/C14H15N3O3S/c18-13(11-3-4-11)16-8-7-15-14(16)21-9-10-1-5-12(6-2-10)17(19)20/h1-2,5-6,11H,3-4,7-9H2. The van der Waals surface area contributed by atoms with Gasteiger partial charge in [-0.2, -0.15) is 0 Å². The summed E-state index contributed by atoms with van der Waals surface area (Å²) in [5.74, 6) is 1.06. The van der Waals surface area contributed by atoms with Crippen molar-refractivity contribution < 1.29 is 9.72 Å². The van der Waals surface area contributed by atoms with E-state index in [1.165, 1.54) is 23.9 Å². The van der Waals surface area contributed by atoms with Crippen molar-refractivity contribution in [3.63, 3.8) is 0 Å². The molecule has 1 aromatic rings. The van der Waals surface area contributed by atoms with E-state index in [1.807, 2.05) is 0 Å². The first-order valence-corrected chi connectivity index (χ1v) is 7.85. The average molecular weight is 305 g/mol. The molecule has 1 fully saturated rings. The van der Waals surface area contributed by atoms with Crippen molar-refractivity contribution in [1.82, 2.24) is 4.90 Å². The molecule has 110 valence electrons. The van der Waals surface area contributed by atoms with Crippen molar-refractivity contribution in [2.24, 2.45) is 10.9 Å². The molecule has 1 heterocycles. The molecule has 0 spiro atoms. The maximum Gasteiger partial charge on any atom is 0.269 e. The maximum absolute atomic E-state index is 12.1. The summed E-state index contributed by atoms with van der Waals surface area (Å²) in [6.07, 6.45) is 1.99. The zero-order valence-electron chi connectivity index (χ0n) is 11.4. The van der Waals surface area contributed by atoms with Crippen LogP contribution >= 0.6 is 11.8 Å². The Labute approximate surface area is 126 Å². The quantitative estimate of drug-likeness (QED) is 0.632. The first-order chi connectivity index (χ1) is 10.1. The Hall–Kier alpha value is -1.89. The molecule has 0 unspecified atom stereocenters. The van der Waals surface area contributed by atoms with Gasteiger partial charge in [0, 0.05) is 30.3 Å². The summed E-state index contributed by atoms with van der Waals surface area (Å²) < 4.78 is 0.